The second kappa shape index (κ2) is 8.03. The molecule has 0 saturated heterocycles. The van der Waals surface area contributed by atoms with Crippen molar-refractivity contribution in [1.29, 1.82) is 0 Å². The van der Waals surface area contributed by atoms with E-state index in [1.54, 1.807) is 0 Å². The molecule has 1 aromatic carbocycles. The van der Waals surface area contributed by atoms with Crippen molar-refractivity contribution in [3.05, 3.63) is 47.2 Å². The van der Waals surface area contributed by atoms with Crippen LogP contribution in [0.3, 0.4) is 0 Å². The molecule has 9 heteroatoms. The van der Waals surface area contributed by atoms with Crippen LogP contribution in [-0.4, -0.2) is 46.9 Å². The Labute approximate surface area is 160 Å². The fraction of sp³-hybridized carbons (Fsp3) is 0.316. The third-order valence-corrected chi connectivity index (χ3v) is 4.18. The Morgan fingerprint density at radius 3 is 2.61 bits per heavy atom. The summed E-state index contributed by atoms with van der Waals surface area (Å²) in [6.07, 6.45) is 1.98. The monoisotopic (exact) mass is 385 g/mol. The van der Waals surface area contributed by atoms with Crippen molar-refractivity contribution in [3.63, 3.8) is 0 Å². The average Bonchev–Trinajstić information content (AvgIpc) is 3.25. The highest BCUT2D eigenvalue weighted by Crippen LogP contribution is 2.25. The molecule has 0 spiro atoms. The van der Waals surface area contributed by atoms with Crippen molar-refractivity contribution < 1.29 is 28.4 Å². The first-order valence-corrected chi connectivity index (χ1v) is 8.74. The topological polar surface area (TPSA) is 119 Å². The molecule has 28 heavy (non-hydrogen) atoms. The first-order chi connectivity index (χ1) is 13.4. The number of benzene rings is 1. The zero-order chi connectivity index (χ0) is 20.3. The summed E-state index contributed by atoms with van der Waals surface area (Å²) in [5.41, 5.74) is 0.504. The number of rotatable bonds is 7. The Balaban J connectivity index is 1.64. The number of esters is 1. The SMILES string of the molecule is CC(C)CCN1C(=O)c2ccc(C(=O)OCC(=O)Nc3ccon3)cc2C1=O. The van der Waals surface area contributed by atoms with E-state index < -0.39 is 24.4 Å². The summed E-state index contributed by atoms with van der Waals surface area (Å²) < 4.78 is 9.52. The minimum absolute atomic E-state index is 0.0832. The summed E-state index contributed by atoms with van der Waals surface area (Å²) in [6.45, 7) is 3.80. The van der Waals surface area contributed by atoms with Gasteiger partial charge in [-0.05, 0) is 30.5 Å². The Morgan fingerprint density at radius 2 is 1.93 bits per heavy atom. The summed E-state index contributed by atoms with van der Waals surface area (Å²) in [6, 6.07) is 5.58. The van der Waals surface area contributed by atoms with Crippen LogP contribution in [0.5, 0.6) is 0 Å². The molecule has 0 atom stereocenters. The highest BCUT2D eigenvalue weighted by atomic mass is 16.5. The van der Waals surface area contributed by atoms with Crippen LogP contribution in [0.2, 0.25) is 0 Å². The smallest absolute Gasteiger partial charge is 0.338 e. The van der Waals surface area contributed by atoms with Crippen LogP contribution in [-0.2, 0) is 9.53 Å². The first kappa shape index (κ1) is 19.3. The summed E-state index contributed by atoms with van der Waals surface area (Å²) in [7, 11) is 0. The van der Waals surface area contributed by atoms with Gasteiger partial charge in [0.15, 0.2) is 12.4 Å². The van der Waals surface area contributed by atoms with Crippen LogP contribution in [0.4, 0.5) is 5.82 Å². The molecule has 1 aliphatic heterocycles. The van der Waals surface area contributed by atoms with Crippen LogP contribution in [0.15, 0.2) is 35.1 Å². The first-order valence-electron chi connectivity index (χ1n) is 8.74. The molecule has 146 valence electrons. The van der Waals surface area contributed by atoms with Gasteiger partial charge in [0.2, 0.25) is 0 Å². The molecule has 1 N–H and O–H groups in total. The molecule has 2 heterocycles. The van der Waals surface area contributed by atoms with Crippen LogP contribution < -0.4 is 5.32 Å². The van der Waals surface area contributed by atoms with E-state index in [-0.39, 0.29) is 28.4 Å². The zero-order valence-corrected chi connectivity index (χ0v) is 15.4. The molecule has 1 aliphatic rings. The number of carbonyl (C=O) groups is 4. The van der Waals surface area contributed by atoms with Crippen molar-refractivity contribution in [3.8, 4) is 0 Å². The fourth-order valence-electron chi connectivity index (χ4n) is 2.68. The van der Waals surface area contributed by atoms with Crippen molar-refractivity contribution in [1.82, 2.24) is 10.1 Å². The molecule has 0 aliphatic carbocycles. The number of carbonyl (C=O) groups excluding carboxylic acids is 4. The molecule has 0 unspecified atom stereocenters. The number of hydrogen-bond acceptors (Lipinski definition) is 7. The van der Waals surface area contributed by atoms with Gasteiger partial charge >= 0.3 is 5.97 Å². The van der Waals surface area contributed by atoms with Gasteiger partial charge < -0.3 is 14.6 Å². The van der Waals surface area contributed by atoms with Gasteiger partial charge in [0, 0.05) is 12.6 Å². The number of nitrogens with zero attached hydrogens (tertiary/aromatic N) is 2. The lowest BCUT2D eigenvalue weighted by Crippen LogP contribution is -2.31. The van der Waals surface area contributed by atoms with E-state index in [0.717, 1.165) is 0 Å². The second-order valence-electron chi connectivity index (χ2n) is 6.71. The minimum Gasteiger partial charge on any atom is -0.452 e. The molecular weight excluding hydrogens is 366 g/mol. The van der Waals surface area contributed by atoms with Gasteiger partial charge in [-0.25, -0.2) is 4.79 Å². The number of nitrogens with one attached hydrogen (secondary N) is 1. The van der Waals surface area contributed by atoms with E-state index in [0.29, 0.717) is 18.9 Å². The molecule has 0 fully saturated rings. The molecule has 1 aromatic heterocycles. The van der Waals surface area contributed by atoms with Crippen molar-refractivity contribution in [2.45, 2.75) is 20.3 Å². The number of fused-ring (bicyclic) bond motifs is 1. The predicted octanol–water partition coefficient (Wildman–Crippen LogP) is 2.11. The predicted molar refractivity (Wildman–Crippen MR) is 96.7 cm³/mol. The van der Waals surface area contributed by atoms with Gasteiger partial charge in [-0.2, -0.15) is 0 Å². The molecule has 0 bridgehead atoms. The molecule has 2 aromatic rings. The van der Waals surface area contributed by atoms with E-state index >= 15 is 0 Å². The quantitative estimate of drug-likeness (QED) is 0.573. The van der Waals surface area contributed by atoms with E-state index in [1.165, 1.54) is 35.4 Å². The van der Waals surface area contributed by atoms with E-state index in [2.05, 4.69) is 15.0 Å². The molecule has 3 amide bonds. The normalized spacial score (nSPS) is 13.0. The zero-order valence-electron chi connectivity index (χ0n) is 15.4. The number of imide groups is 1. The van der Waals surface area contributed by atoms with Crippen LogP contribution in [0, 0.1) is 5.92 Å². The summed E-state index contributed by atoms with van der Waals surface area (Å²) in [4.78, 5) is 50.0. The van der Waals surface area contributed by atoms with Crippen LogP contribution in [0.1, 0.15) is 51.3 Å². The number of hydrogen-bond donors (Lipinski definition) is 1. The van der Waals surface area contributed by atoms with Crippen LogP contribution in [0.25, 0.3) is 0 Å². The van der Waals surface area contributed by atoms with Gasteiger partial charge in [0.1, 0.15) is 6.26 Å². The Bertz CT molecular complexity index is 920. The van der Waals surface area contributed by atoms with Gasteiger partial charge in [0.25, 0.3) is 17.7 Å². The second-order valence-corrected chi connectivity index (χ2v) is 6.71. The summed E-state index contributed by atoms with van der Waals surface area (Å²) in [5, 5.41) is 5.89. The largest absolute Gasteiger partial charge is 0.452 e. The van der Waals surface area contributed by atoms with Crippen LogP contribution >= 0.6 is 0 Å². The molecule has 0 saturated carbocycles. The molecule has 9 nitrogen and oxygen atoms in total. The lowest BCUT2D eigenvalue weighted by Gasteiger charge is -2.14. The summed E-state index contributed by atoms with van der Waals surface area (Å²) >= 11 is 0. The minimum atomic E-state index is -0.779. The number of amides is 3. The maximum absolute atomic E-state index is 12.5. The Morgan fingerprint density at radius 1 is 1.18 bits per heavy atom. The highest BCUT2D eigenvalue weighted by molar-refractivity contribution is 6.22. The molecule has 3 rings (SSSR count). The van der Waals surface area contributed by atoms with Crippen molar-refractivity contribution in [2.24, 2.45) is 5.92 Å². The van der Waals surface area contributed by atoms with E-state index in [4.69, 9.17) is 4.74 Å². The van der Waals surface area contributed by atoms with Crippen molar-refractivity contribution in [2.75, 3.05) is 18.5 Å². The maximum atomic E-state index is 12.5. The lowest BCUT2D eigenvalue weighted by molar-refractivity contribution is -0.119. The van der Waals surface area contributed by atoms with Gasteiger partial charge in [-0.3, -0.25) is 19.3 Å². The van der Waals surface area contributed by atoms with E-state index in [1.807, 2.05) is 13.8 Å². The van der Waals surface area contributed by atoms with Gasteiger partial charge in [-0.15, -0.1) is 0 Å². The highest BCUT2D eigenvalue weighted by Gasteiger charge is 2.35. The standard InChI is InChI=1S/C19H19N3O6/c1-11(2)5-7-22-17(24)13-4-3-12(9-14(13)18(22)25)19(26)27-10-16(23)20-15-6-8-28-21-15/h3-4,6,8-9,11H,5,7,10H2,1-2H3,(H,20,21,23). The lowest BCUT2D eigenvalue weighted by atomic mass is 10.1. The molecular formula is C19H19N3O6. The number of anilines is 1. The fourth-order valence-corrected chi connectivity index (χ4v) is 2.68. The average molecular weight is 385 g/mol. The summed E-state index contributed by atoms with van der Waals surface area (Å²) in [5.74, 6) is -1.62. The Hall–Kier alpha value is -3.49. The Kier molecular flexibility index (Phi) is 5.53. The maximum Gasteiger partial charge on any atom is 0.338 e. The number of ether oxygens (including phenoxy) is 1. The third-order valence-electron chi connectivity index (χ3n) is 4.18. The van der Waals surface area contributed by atoms with Gasteiger partial charge in [-0.1, -0.05) is 19.0 Å². The number of aromatic nitrogens is 1. The van der Waals surface area contributed by atoms with Crippen molar-refractivity contribution >= 4 is 29.5 Å². The van der Waals surface area contributed by atoms with Gasteiger partial charge in [0.05, 0.1) is 16.7 Å². The third kappa shape index (κ3) is 4.08. The van der Waals surface area contributed by atoms with E-state index in [9.17, 15) is 19.2 Å². The molecule has 0 radical (unpaired) electrons.